The Bertz CT molecular complexity index is 1110. The smallest absolute Gasteiger partial charge is 0.259 e. The summed E-state index contributed by atoms with van der Waals surface area (Å²) in [5.41, 5.74) is 0.995. The van der Waals surface area contributed by atoms with Crippen molar-refractivity contribution in [1.82, 2.24) is 0 Å². The minimum absolute atomic E-state index is 0.159. The van der Waals surface area contributed by atoms with Crippen molar-refractivity contribution < 1.29 is 14.4 Å². The number of imide groups is 1. The normalized spacial score (nSPS) is 21.6. The number of hydrogen-bond donors (Lipinski definition) is 1. The molecule has 0 spiro atoms. The van der Waals surface area contributed by atoms with Crippen LogP contribution in [0.1, 0.15) is 36.0 Å². The minimum Gasteiger partial charge on any atom is -0.322 e. The molecule has 148 valence electrons. The highest BCUT2D eigenvalue weighted by Gasteiger charge is 2.50. The molecule has 8 heteroatoms. The summed E-state index contributed by atoms with van der Waals surface area (Å²) in [6.07, 6.45) is 3.43. The predicted molar refractivity (Wildman–Crippen MR) is 117 cm³/mol. The average Bonchev–Trinajstić information content (AvgIpc) is 3.36. The van der Waals surface area contributed by atoms with E-state index in [1.807, 2.05) is 10.8 Å². The molecular weight excluding hydrogens is 428 g/mol. The number of nitrogens with zero attached hydrogens (tertiary/aromatic N) is 1. The van der Waals surface area contributed by atoms with Gasteiger partial charge in [-0.15, -0.1) is 11.3 Å². The van der Waals surface area contributed by atoms with Crippen molar-refractivity contribution in [1.29, 1.82) is 0 Å². The van der Waals surface area contributed by atoms with Crippen molar-refractivity contribution in [2.75, 3.05) is 10.2 Å². The zero-order chi connectivity index (χ0) is 20.1. The monoisotopic (exact) mass is 444 g/mol. The quantitative estimate of drug-likeness (QED) is 0.538. The van der Waals surface area contributed by atoms with Gasteiger partial charge in [0.15, 0.2) is 0 Å². The molecule has 2 unspecified atom stereocenters. The van der Waals surface area contributed by atoms with E-state index in [4.69, 9.17) is 11.6 Å². The van der Waals surface area contributed by atoms with Crippen LogP contribution in [0, 0.1) is 11.8 Å². The van der Waals surface area contributed by atoms with Crippen LogP contribution in [0.25, 0.3) is 10.1 Å². The van der Waals surface area contributed by atoms with Crippen molar-refractivity contribution in [3.63, 3.8) is 0 Å². The van der Waals surface area contributed by atoms with E-state index in [2.05, 4.69) is 5.32 Å². The Kier molecular flexibility index (Phi) is 4.69. The number of hydrogen-bond acceptors (Lipinski definition) is 5. The van der Waals surface area contributed by atoms with Gasteiger partial charge in [-0.05, 0) is 37.1 Å². The average molecular weight is 445 g/mol. The molecule has 1 aliphatic carbocycles. The number of fused-ring (bicyclic) bond motifs is 2. The lowest BCUT2D eigenvalue weighted by molar-refractivity contribution is -0.122. The number of benzene rings is 1. The number of anilines is 2. The molecule has 1 saturated heterocycles. The van der Waals surface area contributed by atoms with E-state index < -0.39 is 0 Å². The number of nitrogens with one attached hydrogen (secondary N) is 1. The molecule has 0 bridgehead atoms. The maximum atomic E-state index is 13.2. The molecule has 5 nitrogen and oxygen atoms in total. The second-order valence-corrected chi connectivity index (χ2v) is 9.61. The van der Waals surface area contributed by atoms with Crippen LogP contribution in [0.2, 0.25) is 5.02 Å². The summed E-state index contributed by atoms with van der Waals surface area (Å²) in [7, 11) is 0. The molecule has 1 N–H and O–H groups in total. The summed E-state index contributed by atoms with van der Waals surface area (Å²) >= 11 is 8.75. The standard InChI is InChI=1S/C21H17ClN2O3S2/c22-11-5-7-12(8-6-11)23-18(25)17-15-9-28-10-16(15)29-21(17)24-19(26)13-3-1-2-4-14(13)20(24)27/h5-10,13-14H,1-4H2,(H,23,25). The van der Waals surface area contributed by atoms with E-state index in [1.54, 1.807) is 24.3 Å². The Morgan fingerprint density at radius 1 is 1.03 bits per heavy atom. The van der Waals surface area contributed by atoms with Crippen LogP contribution in [0.5, 0.6) is 0 Å². The third-order valence-corrected chi connectivity index (χ3v) is 7.97. The Hall–Kier alpha value is -2.22. The first kappa shape index (κ1) is 18.8. The zero-order valence-electron chi connectivity index (χ0n) is 15.3. The van der Waals surface area contributed by atoms with Gasteiger partial charge >= 0.3 is 0 Å². The second kappa shape index (κ2) is 7.23. The van der Waals surface area contributed by atoms with Gasteiger partial charge in [-0.25, -0.2) is 4.90 Å². The molecule has 2 atom stereocenters. The lowest BCUT2D eigenvalue weighted by atomic mass is 9.81. The van der Waals surface area contributed by atoms with Crippen LogP contribution in [-0.4, -0.2) is 17.7 Å². The van der Waals surface area contributed by atoms with Crippen LogP contribution in [0.3, 0.4) is 0 Å². The lowest BCUT2D eigenvalue weighted by Crippen LogP contribution is -2.31. The maximum Gasteiger partial charge on any atom is 0.259 e. The van der Waals surface area contributed by atoms with E-state index >= 15 is 0 Å². The SMILES string of the molecule is O=C(Nc1ccc(Cl)cc1)c1c(N2C(=O)C3CCCCC3C2=O)sc2cscc12. The first-order chi connectivity index (χ1) is 14.0. The highest BCUT2D eigenvalue weighted by atomic mass is 35.5. The molecule has 29 heavy (non-hydrogen) atoms. The van der Waals surface area contributed by atoms with Crippen LogP contribution in [-0.2, 0) is 9.59 Å². The number of thiophene rings is 2. The van der Waals surface area contributed by atoms with E-state index in [0.717, 1.165) is 35.8 Å². The van der Waals surface area contributed by atoms with Crippen LogP contribution >= 0.6 is 34.3 Å². The predicted octanol–water partition coefficient (Wildman–Crippen LogP) is 5.55. The Labute approximate surface area is 180 Å². The lowest BCUT2D eigenvalue weighted by Gasteiger charge is -2.19. The van der Waals surface area contributed by atoms with Crippen molar-refractivity contribution >= 4 is 72.8 Å². The van der Waals surface area contributed by atoms with Gasteiger partial charge in [0.1, 0.15) is 5.00 Å². The van der Waals surface area contributed by atoms with E-state index in [9.17, 15) is 14.4 Å². The van der Waals surface area contributed by atoms with E-state index in [-0.39, 0.29) is 29.6 Å². The molecule has 3 amide bonds. The number of rotatable bonds is 3. The highest BCUT2D eigenvalue weighted by molar-refractivity contribution is 7.26. The third-order valence-electron chi connectivity index (χ3n) is 5.69. The number of carbonyl (C=O) groups is 3. The molecule has 5 rings (SSSR count). The first-order valence-corrected chi connectivity index (χ1v) is 11.6. The fraction of sp³-hybridized carbons (Fsp3) is 0.286. The fourth-order valence-corrected chi connectivity index (χ4v) is 6.60. The van der Waals surface area contributed by atoms with E-state index in [0.29, 0.717) is 21.3 Å². The van der Waals surface area contributed by atoms with E-state index in [1.165, 1.54) is 27.6 Å². The van der Waals surface area contributed by atoms with Gasteiger partial charge in [-0.1, -0.05) is 24.4 Å². The molecule has 1 aliphatic heterocycles. The van der Waals surface area contributed by atoms with Gasteiger partial charge in [0.25, 0.3) is 5.91 Å². The van der Waals surface area contributed by atoms with Gasteiger partial charge < -0.3 is 5.32 Å². The van der Waals surface area contributed by atoms with Crippen LogP contribution < -0.4 is 10.2 Å². The van der Waals surface area contributed by atoms with Gasteiger partial charge in [-0.3, -0.25) is 14.4 Å². The fourth-order valence-electron chi connectivity index (χ4n) is 4.28. The van der Waals surface area contributed by atoms with Crippen molar-refractivity contribution in [3.8, 4) is 0 Å². The summed E-state index contributed by atoms with van der Waals surface area (Å²) in [5.74, 6) is -1.14. The number of carbonyl (C=O) groups excluding carboxylic acids is 3. The Morgan fingerprint density at radius 3 is 2.34 bits per heavy atom. The molecule has 2 aromatic heterocycles. The molecular formula is C21H17ClN2O3S2. The molecule has 3 aromatic rings. The summed E-state index contributed by atoms with van der Waals surface area (Å²) in [6.45, 7) is 0. The first-order valence-electron chi connectivity index (χ1n) is 9.48. The highest BCUT2D eigenvalue weighted by Crippen LogP contribution is 2.46. The maximum absolute atomic E-state index is 13.2. The molecule has 1 saturated carbocycles. The summed E-state index contributed by atoms with van der Waals surface area (Å²) in [4.78, 5) is 40.7. The number of halogens is 1. The summed E-state index contributed by atoms with van der Waals surface area (Å²) in [6, 6.07) is 6.84. The van der Waals surface area contributed by atoms with Gasteiger partial charge in [0, 0.05) is 31.6 Å². The molecule has 1 aromatic carbocycles. The topological polar surface area (TPSA) is 66.5 Å². The third kappa shape index (κ3) is 3.08. The van der Waals surface area contributed by atoms with Crippen LogP contribution in [0.4, 0.5) is 10.7 Å². The summed E-state index contributed by atoms with van der Waals surface area (Å²) < 4.78 is 0.904. The minimum atomic E-state index is -0.331. The Balaban J connectivity index is 1.56. The van der Waals surface area contributed by atoms with Crippen molar-refractivity contribution in [2.24, 2.45) is 11.8 Å². The molecule has 0 radical (unpaired) electrons. The second-order valence-electron chi connectivity index (χ2n) is 7.40. The van der Waals surface area contributed by atoms with Gasteiger partial charge in [0.2, 0.25) is 11.8 Å². The number of amides is 3. The van der Waals surface area contributed by atoms with Crippen molar-refractivity contribution in [2.45, 2.75) is 25.7 Å². The van der Waals surface area contributed by atoms with Crippen molar-refractivity contribution in [3.05, 3.63) is 45.6 Å². The Morgan fingerprint density at radius 2 is 1.69 bits per heavy atom. The largest absolute Gasteiger partial charge is 0.322 e. The van der Waals surface area contributed by atoms with Crippen LogP contribution in [0.15, 0.2) is 35.0 Å². The zero-order valence-corrected chi connectivity index (χ0v) is 17.7. The van der Waals surface area contributed by atoms with Gasteiger partial charge in [0.05, 0.1) is 17.4 Å². The molecule has 3 heterocycles. The van der Waals surface area contributed by atoms with Gasteiger partial charge in [-0.2, -0.15) is 11.3 Å². The molecule has 2 fully saturated rings. The summed E-state index contributed by atoms with van der Waals surface area (Å²) in [5, 5.41) is 8.51. The molecule has 2 aliphatic rings.